The molecule has 0 spiro atoms. The molecule has 2 aromatic rings. The zero-order chi connectivity index (χ0) is 15.5. The van der Waals surface area contributed by atoms with E-state index in [9.17, 15) is 9.59 Å². The number of ether oxygens (including phenoxy) is 1. The van der Waals surface area contributed by atoms with Crippen molar-refractivity contribution in [3.05, 3.63) is 46.2 Å². The lowest BCUT2D eigenvalue weighted by Crippen LogP contribution is -2.29. The SMILES string of the molecule is C[C@@H](NC(=O)Cc1cccs1)c1ccc2c(c1)NC(=O)CO2. The van der Waals surface area contributed by atoms with Gasteiger partial charge in [-0.1, -0.05) is 12.1 Å². The monoisotopic (exact) mass is 316 g/mol. The maximum Gasteiger partial charge on any atom is 0.262 e. The van der Waals surface area contributed by atoms with E-state index in [2.05, 4.69) is 10.6 Å². The summed E-state index contributed by atoms with van der Waals surface area (Å²) in [5, 5.41) is 7.69. The first-order valence-corrected chi connectivity index (χ1v) is 7.88. The normalized spacial score (nSPS) is 14.5. The molecule has 3 rings (SSSR count). The van der Waals surface area contributed by atoms with Crippen LogP contribution < -0.4 is 15.4 Å². The third kappa shape index (κ3) is 3.28. The number of carbonyl (C=O) groups excluding carboxylic acids is 2. The molecule has 2 heterocycles. The van der Waals surface area contributed by atoms with Crippen molar-refractivity contribution in [3.8, 4) is 5.75 Å². The van der Waals surface area contributed by atoms with Gasteiger partial charge in [-0.05, 0) is 36.1 Å². The Bertz CT molecular complexity index is 697. The molecule has 6 heteroatoms. The third-order valence-corrected chi connectivity index (χ3v) is 4.31. The van der Waals surface area contributed by atoms with Crippen LogP contribution in [0.4, 0.5) is 5.69 Å². The van der Waals surface area contributed by atoms with Crippen molar-refractivity contribution in [3.63, 3.8) is 0 Å². The topological polar surface area (TPSA) is 67.4 Å². The maximum absolute atomic E-state index is 12.0. The van der Waals surface area contributed by atoms with Crippen molar-refractivity contribution in [2.45, 2.75) is 19.4 Å². The summed E-state index contributed by atoms with van der Waals surface area (Å²) in [5.74, 6) is 0.465. The number of anilines is 1. The van der Waals surface area contributed by atoms with Crippen LogP contribution in [0.15, 0.2) is 35.7 Å². The molecule has 1 aromatic carbocycles. The highest BCUT2D eigenvalue weighted by Gasteiger charge is 2.18. The fourth-order valence-corrected chi connectivity index (χ4v) is 3.02. The summed E-state index contributed by atoms with van der Waals surface area (Å²) in [6.45, 7) is 1.96. The Morgan fingerprint density at radius 1 is 1.45 bits per heavy atom. The molecule has 1 aliphatic rings. The standard InChI is InChI=1S/C16H16N2O3S/c1-10(17-15(19)8-12-3-2-6-22-12)11-4-5-14-13(7-11)18-16(20)9-21-14/h2-7,10H,8-9H2,1H3,(H,17,19)(H,18,20)/t10-/m1/s1. The van der Waals surface area contributed by atoms with Gasteiger partial charge in [0.05, 0.1) is 18.2 Å². The van der Waals surface area contributed by atoms with E-state index in [-0.39, 0.29) is 24.5 Å². The minimum Gasteiger partial charge on any atom is -0.482 e. The van der Waals surface area contributed by atoms with Crippen LogP contribution in [0.2, 0.25) is 0 Å². The van der Waals surface area contributed by atoms with Crippen LogP contribution >= 0.6 is 11.3 Å². The van der Waals surface area contributed by atoms with Gasteiger partial charge in [0.1, 0.15) is 5.75 Å². The van der Waals surface area contributed by atoms with Gasteiger partial charge < -0.3 is 15.4 Å². The quantitative estimate of drug-likeness (QED) is 0.910. The second-order valence-electron chi connectivity index (χ2n) is 5.14. The Labute approximate surface area is 132 Å². The number of hydrogen-bond donors (Lipinski definition) is 2. The minimum absolute atomic E-state index is 0.0204. The van der Waals surface area contributed by atoms with Crippen LogP contribution in [0.5, 0.6) is 5.75 Å². The van der Waals surface area contributed by atoms with Crippen molar-refractivity contribution in [2.24, 2.45) is 0 Å². The van der Waals surface area contributed by atoms with E-state index in [1.807, 2.05) is 42.6 Å². The lowest BCUT2D eigenvalue weighted by atomic mass is 10.1. The average molecular weight is 316 g/mol. The second kappa shape index (κ2) is 6.19. The number of amides is 2. The highest BCUT2D eigenvalue weighted by atomic mass is 32.1. The fraction of sp³-hybridized carbons (Fsp3) is 0.250. The number of fused-ring (bicyclic) bond motifs is 1. The molecule has 22 heavy (non-hydrogen) atoms. The molecule has 0 unspecified atom stereocenters. The Hall–Kier alpha value is -2.34. The Kier molecular flexibility index (Phi) is 4.11. The Morgan fingerprint density at radius 3 is 3.09 bits per heavy atom. The smallest absolute Gasteiger partial charge is 0.262 e. The molecule has 0 radical (unpaired) electrons. The van der Waals surface area contributed by atoms with Crippen molar-refractivity contribution >= 4 is 28.8 Å². The summed E-state index contributed by atoms with van der Waals surface area (Å²) in [4.78, 5) is 24.4. The second-order valence-corrected chi connectivity index (χ2v) is 6.17. The molecule has 0 fully saturated rings. The molecule has 2 amide bonds. The number of thiophene rings is 1. The van der Waals surface area contributed by atoms with Gasteiger partial charge in [0, 0.05) is 4.88 Å². The fourth-order valence-electron chi connectivity index (χ4n) is 2.32. The van der Waals surface area contributed by atoms with Gasteiger partial charge in [0.2, 0.25) is 5.91 Å². The Morgan fingerprint density at radius 2 is 2.32 bits per heavy atom. The molecule has 2 N–H and O–H groups in total. The van der Waals surface area contributed by atoms with E-state index in [0.717, 1.165) is 10.4 Å². The molecule has 114 valence electrons. The van der Waals surface area contributed by atoms with Gasteiger partial charge in [-0.3, -0.25) is 9.59 Å². The first kappa shape index (κ1) is 14.6. The van der Waals surface area contributed by atoms with Gasteiger partial charge >= 0.3 is 0 Å². The summed E-state index contributed by atoms with van der Waals surface area (Å²) in [6, 6.07) is 9.28. The average Bonchev–Trinajstić information content (AvgIpc) is 2.99. The number of rotatable bonds is 4. The van der Waals surface area contributed by atoms with E-state index in [0.29, 0.717) is 17.9 Å². The van der Waals surface area contributed by atoms with E-state index in [4.69, 9.17) is 4.74 Å². The first-order valence-electron chi connectivity index (χ1n) is 7.00. The van der Waals surface area contributed by atoms with Crippen molar-refractivity contribution in [1.82, 2.24) is 5.32 Å². The predicted octanol–water partition coefficient (Wildman–Crippen LogP) is 2.50. The zero-order valence-corrected chi connectivity index (χ0v) is 12.9. The minimum atomic E-state index is -0.168. The molecule has 0 bridgehead atoms. The van der Waals surface area contributed by atoms with Crippen LogP contribution in [0.25, 0.3) is 0 Å². The molecule has 0 aliphatic carbocycles. The van der Waals surface area contributed by atoms with E-state index in [1.54, 1.807) is 11.3 Å². The van der Waals surface area contributed by atoms with E-state index < -0.39 is 0 Å². The molecule has 5 nitrogen and oxygen atoms in total. The summed E-state index contributed by atoms with van der Waals surface area (Å²) >= 11 is 1.57. The number of hydrogen-bond acceptors (Lipinski definition) is 4. The molecular formula is C16H16N2O3S. The summed E-state index contributed by atoms with van der Waals surface area (Å²) in [7, 11) is 0. The van der Waals surface area contributed by atoms with Gasteiger partial charge in [-0.25, -0.2) is 0 Å². The summed E-state index contributed by atoms with van der Waals surface area (Å²) in [5.41, 5.74) is 1.57. The highest BCUT2D eigenvalue weighted by Crippen LogP contribution is 2.30. The van der Waals surface area contributed by atoms with E-state index in [1.165, 1.54) is 0 Å². The largest absolute Gasteiger partial charge is 0.482 e. The maximum atomic E-state index is 12.0. The highest BCUT2D eigenvalue weighted by molar-refractivity contribution is 7.10. The van der Waals surface area contributed by atoms with Crippen molar-refractivity contribution in [2.75, 3.05) is 11.9 Å². The molecule has 0 saturated heterocycles. The van der Waals surface area contributed by atoms with Crippen LogP contribution in [-0.4, -0.2) is 18.4 Å². The molecule has 1 aromatic heterocycles. The number of nitrogens with one attached hydrogen (secondary N) is 2. The predicted molar refractivity (Wildman–Crippen MR) is 85.1 cm³/mol. The number of carbonyl (C=O) groups is 2. The van der Waals surface area contributed by atoms with Crippen molar-refractivity contribution < 1.29 is 14.3 Å². The van der Waals surface area contributed by atoms with Crippen molar-refractivity contribution in [1.29, 1.82) is 0 Å². The summed E-state index contributed by atoms with van der Waals surface area (Å²) < 4.78 is 5.32. The lowest BCUT2D eigenvalue weighted by molar-refractivity contribution is -0.121. The van der Waals surface area contributed by atoms with Crippen LogP contribution in [0, 0.1) is 0 Å². The Balaban J connectivity index is 1.67. The summed E-state index contributed by atoms with van der Waals surface area (Å²) in [6.07, 6.45) is 0.382. The molecular weight excluding hydrogens is 300 g/mol. The first-order chi connectivity index (χ1) is 10.6. The van der Waals surface area contributed by atoms with Gasteiger partial charge in [0.15, 0.2) is 6.61 Å². The van der Waals surface area contributed by atoms with E-state index >= 15 is 0 Å². The van der Waals surface area contributed by atoms with Gasteiger partial charge in [-0.15, -0.1) is 11.3 Å². The lowest BCUT2D eigenvalue weighted by Gasteiger charge is -2.21. The number of benzene rings is 1. The zero-order valence-electron chi connectivity index (χ0n) is 12.1. The molecule has 1 aliphatic heterocycles. The molecule has 1 atom stereocenters. The van der Waals surface area contributed by atoms with Crippen LogP contribution in [0.3, 0.4) is 0 Å². The third-order valence-electron chi connectivity index (χ3n) is 3.43. The molecule has 0 saturated carbocycles. The van der Waals surface area contributed by atoms with Gasteiger partial charge in [-0.2, -0.15) is 0 Å². The van der Waals surface area contributed by atoms with Gasteiger partial charge in [0.25, 0.3) is 5.91 Å². The van der Waals surface area contributed by atoms with Crippen LogP contribution in [0.1, 0.15) is 23.4 Å². The van der Waals surface area contributed by atoms with Crippen LogP contribution in [-0.2, 0) is 16.0 Å².